The molecule has 0 saturated heterocycles. The summed E-state index contributed by atoms with van der Waals surface area (Å²) in [6.45, 7) is 0. The maximum atomic E-state index is 6.12. The molecular formula is C22H27N2O+. The van der Waals surface area contributed by atoms with Gasteiger partial charge in [0.2, 0.25) is 0 Å². The van der Waals surface area contributed by atoms with Gasteiger partial charge in [-0.15, -0.1) is 0 Å². The second kappa shape index (κ2) is 7.84. The molecule has 1 aliphatic carbocycles. The molecule has 0 spiro atoms. The number of ether oxygens (including phenoxy) is 1. The first kappa shape index (κ1) is 18.5. The zero-order valence-corrected chi connectivity index (χ0v) is 14.7. The highest BCUT2D eigenvalue weighted by Crippen LogP contribution is 2.28. The summed E-state index contributed by atoms with van der Waals surface area (Å²) in [7, 11) is 8.16. The van der Waals surface area contributed by atoms with E-state index < -0.39 is 0 Å². The van der Waals surface area contributed by atoms with Crippen LogP contribution < -0.4 is 4.90 Å². The molecule has 0 saturated carbocycles. The summed E-state index contributed by atoms with van der Waals surface area (Å²) in [6, 6.07) is 8.38. The van der Waals surface area contributed by atoms with Crippen LogP contribution in [-0.4, -0.2) is 38.5 Å². The minimum atomic E-state index is 0. The first-order valence-corrected chi connectivity index (χ1v) is 8.03. The molecule has 130 valence electrons. The Morgan fingerprint density at radius 2 is 1.52 bits per heavy atom. The minimum Gasteiger partial charge on any atom is -0.456 e. The van der Waals surface area contributed by atoms with Crippen molar-refractivity contribution >= 4 is 17.2 Å². The fraction of sp³-hybridized carbons (Fsp3) is 0.227. The Morgan fingerprint density at radius 3 is 2.08 bits per heavy atom. The molecule has 1 heterocycles. The second-order valence-corrected chi connectivity index (χ2v) is 6.24. The number of rotatable bonds is 2. The lowest BCUT2D eigenvalue weighted by molar-refractivity contribution is -0.462. The van der Waals surface area contributed by atoms with Gasteiger partial charge in [0.25, 0.3) is 0 Å². The van der Waals surface area contributed by atoms with Crippen LogP contribution in [0.2, 0.25) is 0 Å². The van der Waals surface area contributed by atoms with Crippen LogP contribution in [0.4, 0.5) is 5.69 Å². The van der Waals surface area contributed by atoms with E-state index in [0.29, 0.717) is 0 Å². The highest BCUT2D eigenvalue weighted by molar-refractivity contribution is 6.02. The highest BCUT2D eigenvalue weighted by Gasteiger charge is 2.13. The number of allylic oxidation sites excluding steroid dienone is 8. The van der Waals surface area contributed by atoms with Crippen molar-refractivity contribution in [2.24, 2.45) is 0 Å². The van der Waals surface area contributed by atoms with Crippen molar-refractivity contribution in [1.82, 2.24) is 0 Å². The molecule has 1 aromatic rings. The van der Waals surface area contributed by atoms with Crippen molar-refractivity contribution in [1.29, 1.82) is 0 Å². The molecule has 0 bridgehead atoms. The Morgan fingerprint density at radius 1 is 0.880 bits per heavy atom. The molecule has 3 heteroatoms. The molecule has 0 unspecified atom stereocenters. The lowest BCUT2D eigenvalue weighted by Crippen LogP contribution is -2.10. The Bertz CT molecular complexity index is 794. The molecular weight excluding hydrogens is 308 g/mol. The lowest BCUT2D eigenvalue weighted by atomic mass is 10.1. The van der Waals surface area contributed by atoms with Crippen LogP contribution in [-0.2, 0) is 4.74 Å². The summed E-state index contributed by atoms with van der Waals surface area (Å²) in [4.78, 5) is 2.09. The predicted molar refractivity (Wildman–Crippen MR) is 108 cm³/mol. The number of hydrogen-bond donors (Lipinski definition) is 0. The summed E-state index contributed by atoms with van der Waals surface area (Å²) < 4.78 is 8.21. The van der Waals surface area contributed by atoms with Gasteiger partial charge in [0.1, 0.15) is 25.6 Å². The van der Waals surface area contributed by atoms with Crippen molar-refractivity contribution in [3.8, 4) is 0 Å². The van der Waals surface area contributed by atoms with Gasteiger partial charge in [-0.25, -0.2) is 4.58 Å². The van der Waals surface area contributed by atoms with Gasteiger partial charge in [-0.1, -0.05) is 13.5 Å². The Balaban J connectivity index is 0.00000225. The maximum Gasteiger partial charge on any atom is 0.199 e. The fourth-order valence-corrected chi connectivity index (χ4v) is 2.57. The normalized spacial score (nSPS) is 15.5. The van der Waals surface area contributed by atoms with E-state index in [-0.39, 0.29) is 7.43 Å². The third-order valence-electron chi connectivity index (χ3n) is 4.05. The number of benzene rings is 1. The van der Waals surface area contributed by atoms with E-state index in [1.807, 2.05) is 46.4 Å². The van der Waals surface area contributed by atoms with E-state index in [1.165, 1.54) is 11.4 Å². The summed E-state index contributed by atoms with van der Waals surface area (Å²) in [5, 5.41) is 0. The standard InChI is InChI=1S/C21H23N2O.CH4/c1-22(2)18-12-8-16(9-13-18)20-6-5-7-21(24-20)17-10-14-19(15-11-17)23(3)4;/h5-15H,1-4H3;1H4/q+1;. The van der Waals surface area contributed by atoms with Crippen LogP contribution in [0.25, 0.3) is 5.76 Å². The molecule has 1 aliphatic heterocycles. The van der Waals surface area contributed by atoms with E-state index in [0.717, 1.165) is 22.7 Å². The average Bonchev–Trinajstić information content (AvgIpc) is 2.62. The molecule has 0 radical (unpaired) electrons. The first-order valence-electron chi connectivity index (χ1n) is 8.03. The summed E-state index contributed by atoms with van der Waals surface area (Å²) in [5.74, 6) is 1.74. The largest absolute Gasteiger partial charge is 0.456 e. The number of anilines is 1. The smallest absolute Gasteiger partial charge is 0.199 e. The van der Waals surface area contributed by atoms with Gasteiger partial charge in [-0.2, -0.15) is 0 Å². The Labute approximate surface area is 151 Å². The van der Waals surface area contributed by atoms with Crippen LogP contribution in [0.15, 0.2) is 78.1 Å². The zero-order chi connectivity index (χ0) is 17.1. The van der Waals surface area contributed by atoms with E-state index in [1.54, 1.807) is 0 Å². The second-order valence-electron chi connectivity index (χ2n) is 6.24. The molecule has 1 aromatic carbocycles. The SMILES string of the molecule is C.CN(C)c1ccc(C2=CC=CC(=C3C=CC(=[N+](C)C)C=C3)O2)cc1. The van der Waals surface area contributed by atoms with Gasteiger partial charge in [-0.3, -0.25) is 0 Å². The summed E-state index contributed by atoms with van der Waals surface area (Å²) >= 11 is 0. The monoisotopic (exact) mass is 335 g/mol. The highest BCUT2D eigenvalue weighted by atomic mass is 16.5. The quantitative estimate of drug-likeness (QED) is 0.744. The van der Waals surface area contributed by atoms with Gasteiger partial charge in [0, 0.05) is 43.1 Å². The number of nitrogens with zero attached hydrogens (tertiary/aromatic N) is 2. The van der Waals surface area contributed by atoms with Gasteiger partial charge >= 0.3 is 0 Å². The van der Waals surface area contributed by atoms with Gasteiger partial charge in [-0.05, 0) is 48.6 Å². The van der Waals surface area contributed by atoms with Crippen molar-refractivity contribution in [3.63, 3.8) is 0 Å². The van der Waals surface area contributed by atoms with E-state index in [9.17, 15) is 0 Å². The molecule has 0 amide bonds. The van der Waals surface area contributed by atoms with Gasteiger partial charge < -0.3 is 9.64 Å². The fourth-order valence-electron chi connectivity index (χ4n) is 2.57. The zero-order valence-electron chi connectivity index (χ0n) is 14.7. The maximum absolute atomic E-state index is 6.12. The third kappa shape index (κ3) is 4.18. The molecule has 0 N–H and O–H groups in total. The first-order chi connectivity index (χ1) is 11.5. The van der Waals surface area contributed by atoms with Gasteiger partial charge in [0.05, 0.1) is 0 Å². The van der Waals surface area contributed by atoms with E-state index >= 15 is 0 Å². The minimum absolute atomic E-state index is 0. The van der Waals surface area contributed by atoms with Crippen molar-refractivity contribution in [3.05, 3.63) is 83.7 Å². The topological polar surface area (TPSA) is 15.5 Å². The summed E-state index contributed by atoms with van der Waals surface area (Å²) in [6.07, 6.45) is 14.4. The third-order valence-corrected chi connectivity index (χ3v) is 4.05. The van der Waals surface area contributed by atoms with Crippen LogP contribution >= 0.6 is 0 Å². The van der Waals surface area contributed by atoms with Crippen LogP contribution in [0.5, 0.6) is 0 Å². The molecule has 0 aromatic heterocycles. The molecule has 25 heavy (non-hydrogen) atoms. The van der Waals surface area contributed by atoms with Crippen LogP contribution in [0, 0.1) is 0 Å². The number of hydrogen-bond acceptors (Lipinski definition) is 2. The van der Waals surface area contributed by atoms with E-state index in [2.05, 4.69) is 58.0 Å². The molecule has 0 atom stereocenters. The lowest BCUT2D eigenvalue weighted by Gasteiger charge is -2.18. The van der Waals surface area contributed by atoms with Crippen molar-refractivity contribution in [2.45, 2.75) is 7.43 Å². The van der Waals surface area contributed by atoms with Crippen LogP contribution in [0.3, 0.4) is 0 Å². The van der Waals surface area contributed by atoms with Crippen molar-refractivity contribution < 1.29 is 9.31 Å². The van der Waals surface area contributed by atoms with Gasteiger partial charge in [0.15, 0.2) is 5.71 Å². The Hall–Kier alpha value is -2.81. The summed E-state index contributed by atoms with van der Waals surface area (Å²) in [5.41, 5.74) is 4.50. The molecule has 0 fully saturated rings. The predicted octanol–water partition coefficient (Wildman–Crippen LogP) is 4.41. The molecule has 3 nitrogen and oxygen atoms in total. The molecule has 2 aliphatic rings. The average molecular weight is 335 g/mol. The van der Waals surface area contributed by atoms with Crippen molar-refractivity contribution in [2.75, 3.05) is 33.1 Å². The van der Waals surface area contributed by atoms with E-state index in [4.69, 9.17) is 4.74 Å². The Kier molecular flexibility index (Phi) is 5.81. The van der Waals surface area contributed by atoms with Crippen LogP contribution in [0.1, 0.15) is 13.0 Å². The molecule has 3 rings (SSSR count).